The molecular weight excluding hydrogens is 312 g/mol. The molecule has 0 radical (unpaired) electrons. The van der Waals surface area contributed by atoms with Crippen molar-refractivity contribution in [2.75, 3.05) is 13.1 Å². The smallest absolute Gasteiger partial charge is 0.255 e. The molecule has 1 aromatic rings. The Hall–Kier alpha value is -0.940. The average molecular weight is 329 g/mol. The van der Waals surface area contributed by atoms with Crippen molar-refractivity contribution in [1.82, 2.24) is 4.90 Å². The molecule has 1 aromatic carbocycles. The zero-order valence-corrected chi connectivity index (χ0v) is 13.0. The highest BCUT2D eigenvalue weighted by atomic mass is 79.9. The lowest BCUT2D eigenvalue weighted by atomic mass is 10.1. The molecular formula is C13H17BrN2OS. The molecule has 0 saturated carbocycles. The van der Waals surface area contributed by atoms with Gasteiger partial charge in [-0.25, -0.2) is 0 Å². The number of benzene rings is 1. The van der Waals surface area contributed by atoms with Crippen LogP contribution in [0, 0.1) is 6.92 Å². The Morgan fingerprint density at radius 3 is 2.67 bits per heavy atom. The summed E-state index contributed by atoms with van der Waals surface area (Å²) in [5, 5.41) is 0. The first-order chi connectivity index (χ1) is 8.45. The van der Waals surface area contributed by atoms with Crippen LogP contribution in [0.3, 0.4) is 0 Å². The van der Waals surface area contributed by atoms with Crippen LogP contribution < -0.4 is 5.73 Å². The predicted octanol–water partition coefficient (Wildman–Crippen LogP) is 2.90. The SMILES string of the molecule is CCCN(CC(N)=S)C(=O)c1ccc(C)cc1Br. The van der Waals surface area contributed by atoms with Gasteiger partial charge in [0.2, 0.25) is 0 Å². The van der Waals surface area contributed by atoms with E-state index in [2.05, 4.69) is 15.9 Å². The van der Waals surface area contributed by atoms with Crippen molar-refractivity contribution in [2.24, 2.45) is 5.73 Å². The maximum Gasteiger partial charge on any atom is 0.255 e. The normalized spacial score (nSPS) is 10.2. The van der Waals surface area contributed by atoms with E-state index in [1.165, 1.54) is 0 Å². The Kier molecular flexibility index (Phi) is 5.75. The highest BCUT2D eigenvalue weighted by Gasteiger charge is 2.18. The minimum absolute atomic E-state index is 0.0449. The monoisotopic (exact) mass is 328 g/mol. The second-order valence-electron chi connectivity index (χ2n) is 4.18. The molecule has 0 fully saturated rings. The van der Waals surface area contributed by atoms with Gasteiger partial charge in [-0.1, -0.05) is 25.2 Å². The first kappa shape index (κ1) is 15.1. The van der Waals surface area contributed by atoms with E-state index in [4.69, 9.17) is 18.0 Å². The zero-order chi connectivity index (χ0) is 13.7. The highest BCUT2D eigenvalue weighted by molar-refractivity contribution is 9.10. The number of hydrogen-bond donors (Lipinski definition) is 1. The van der Waals surface area contributed by atoms with Gasteiger partial charge in [-0.2, -0.15) is 0 Å². The van der Waals surface area contributed by atoms with Crippen molar-refractivity contribution >= 4 is 39.0 Å². The molecule has 0 saturated heterocycles. The van der Waals surface area contributed by atoms with Gasteiger partial charge < -0.3 is 10.6 Å². The lowest BCUT2D eigenvalue weighted by Crippen LogP contribution is -2.38. The predicted molar refractivity (Wildman–Crippen MR) is 81.9 cm³/mol. The van der Waals surface area contributed by atoms with Crippen molar-refractivity contribution in [3.63, 3.8) is 0 Å². The standard InChI is InChI=1S/C13H17BrN2OS/c1-3-6-16(8-12(15)18)13(17)10-5-4-9(2)7-11(10)14/h4-5,7H,3,6,8H2,1-2H3,(H2,15,18). The van der Waals surface area contributed by atoms with Crippen LogP contribution in [0.2, 0.25) is 0 Å². The van der Waals surface area contributed by atoms with Crippen molar-refractivity contribution < 1.29 is 4.79 Å². The molecule has 0 bridgehead atoms. The van der Waals surface area contributed by atoms with E-state index in [1.54, 1.807) is 4.90 Å². The molecule has 2 N–H and O–H groups in total. The third-order valence-corrected chi connectivity index (χ3v) is 3.27. The summed E-state index contributed by atoms with van der Waals surface area (Å²) < 4.78 is 0.802. The topological polar surface area (TPSA) is 46.3 Å². The van der Waals surface area contributed by atoms with E-state index in [9.17, 15) is 4.79 Å². The number of hydrogen-bond acceptors (Lipinski definition) is 2. The quantitative estimate of drug-likeness (QED) is 0.845. The van der Waals surface area contributed by atoms with Gasteiger partial charge >= 0.3 is 0 Å². The third kappa shape index (κ3) is 4.07. The zero-order valence-electron chi connectivity index (χ0n) is 10.6. The lowest BCUT2D eigenvalue weighted by molar-refractivity contribution is 0.0779. The van der Waals surface area contributed by atoms with Crippen LogP contribution >= 0.6 is 28.1 Å². The number of nitrogens with two attached hydrogens (primary N) is 1. The van der Waals surface area contributed by atoms with Gasteiger partial charge in [-0.3, -0.25) is 4.79 Å². The van der Waals surface area contributed by atoms with Crippen LogP contribution in [0.1, 0.15) is 29.3 Å². The van der Waals surface area contributed by atoms with E-state index in [0.717, 1.165) is 16.5 Å². The summed E-state index contributed by atoms with van der Waals surface area (Å²) in [5.41, 5.74) is 7.28. The molecule has 0 heterocycles. The molecule has 0 unspecified atom stereocenters. The van der Waals surface area contributed by atoms with Crippen LogP contribution in [0.4, 0.5) is 0 Å². The Morgan fingerprint density at radius 1 is 1.50 bits per heavy atom. The number of carbonyl (C=O) groups is 1. The molecule has 18 heavy (non-hydrogen) atoms. The van der Waals surface area contributed by atoms with E-state index in [0.29, 0.717) is 23.6 Å². The Balaban J connectivity index is 2.97. The fourth-order valence-corrected chi connectivity index (χ4v) is 2.49. The third-order valence-electron chi connectivity index (χ3n) is 2.48. The molecule has 0 aliphatic carbocycles. The van der Waals surface area contributed by atoms with Crippen molar-refractivity contribution in [3.8, 4) is 0 Å². The first-order valence-corrected chi connectivity index (χ1v) is 6.99. The Bertz CT molecular complexity index is 462. The summed E-state index contributed by atoms with van der Waals surface area (Å²) in [6.45, 7) is 4.97. The van der Waals surface area contributed by atoms with Gasteiger partial charge in [0.05, 0.1) is 17.1 Å². The molecule has 5 heteroatoms. The molecule has 0 spiro atoms. The van der Waals surface area contributed by atoms with Gasteiger partial charge in [-0.15, -0.1) is 0 Å². The fourth-order valence-electron chi connectivity index (χ4n) is 1.67. The second-order valence-corrected chi connectivity index (χ2v) is 5.56. The number of rotatable bonds is 5. The van der Waals surface area contributed by atoms with Gasteiger partial charge in [-0.05, 0) is 47.0 Å². The second kappa shape index (κ2) is 6.85. The largest absolute Gasteiger partial charge is 0.392 e. The van der Waals surface area contributed by atoms with Gasteiger partial charge in [0.15, 0.2) is 0 Å². The van der Waals surface area contributed by atoms with Crippen molar-refractivity contribution in [3.05, 3.63) is 33.8 Å². The first-order valence-electron chi connectivity index (χ1n) is 5.79. The molecule has 0 aliphatic rings. The van der Waals surface area contributed by atoms with Crippen molar-refractivity contribution in [2.45, 2.75) is 20.3 Å². The number of carbonyl (C=O) groups excluding carboxylic acids is 1. The molecule has 98 valence electrons. The van der Waals surface area contributed by atoms with Crippen LogP contribution in [0.15, 0.2) is 22.7 Å². The minimum Gasteiger partial charge on any atom is -0.392 e. The number of halogens is 1. The van der Waals surface area contributed by atoms with Gasteiger partial charge in [0.1, 0.15) is 0 Å². The molecule has 0 aliphatic heterocycles. The lowest BCUT2D eigenvalue weighted by Gasteiger charge is -2.22. The average Bonchev–Trinajstić information content (AvgIpc) is 2.27. The Labute approximate surface area is 121 Å². The summed E-state index contributed by atoms with van der Waals surface area (Å²) in [5.74, 6) is -0.0449. The number of nitrogens with zero attached hydrogens (tertiary/aromatic N) is 1. The maximum absolute atomic E-state index is 12.4. The fraction of sp³-hybridized carbons (Fsp3) is 0.385. The molecule has 0 aromatic heterocycles. The maximum atomic E-state index is 12.4. The van der Waals surface area contributed by atoms with Crippen LogP contribution in [0.25, 0.3) is 0 Å². The van der Waals surface area contributed by atoms with E-state index >= 15 is 0 Å². The molecule has 1 amide bonds. The van der Waals surface area contributed by atoms with Crippen LogP contribution in [-0.4, -0.2) is 28.9 Å². The van der Waals surface area contributed by atoms with Gasteiger partial charge in [0, 0.05) is 11.0 Å². The highest BCUT2D eigenvalue weighted by Crippen LogP contribution is 2.20. The minimum atomic E-state index is -0.0449. The summed E-state index contributed by atoms with van der Waals surface area (Å²) >= 11 is 8.30. The number of amides is 1. The summed E-state index contributed by atoms with van der Waals surface area (Å²) in [7, 11) is 0. The molecule has 1 rings (SSSR count). The van der Waals surface area contributed by atoms with Crippen molar-refractivity contribution in [1.29, 1.82) is 0 Å². The molecule has 3 nitrogen and oxygen atoms in total. The summed E-state index contributed by atoms with van der Waals surface area (Å²) in [4.78, 5) is 14.4. The van der Waals surface area contributed by atoms with E-state index in [1.807, 2.05) is 32.0 Å². The number of thiocarbonyl (C=S) groups is 1. The Morgan fingerprint density at radius 2 is 2.17 bits per heavy atom. The van der Waals surface area contributed by atoms with Crippen LogP contribution in [-0.2, 0) is 0 Å². The van der Waals surface area contributed by atoms with Gasteiger partial charge in [0.25, 0.3) is 5.91 Å². The van der Waals surface area contributed by atoms with E-state index < -0.39 is 0 Å². The molecule has 0 atom stereocenters. The van der Waals surface area contributed by atoms with Crippen LogP contribution in [0.5, 0.6) is 0 Å². The summed E-state index contributed by atoms with van der Waals surface area (Å²) in [6, 6.07) is 5.67. The number of aryl methyl sites for hydroxylation is 1. The van der Waals surface area contributed by atoms with E-state index in [-0.39, 0.29) is 5.91 Å². The summed E-state index contributed by atoms with van der Waals surface area (Å²) in [6.07, 6.45) is 0.873.